The van der Waals surface area contributed by atoms with Gasteiger partial charge in [-0.1, -0.05) is 0 Å². The predicted molar refractivity (Wildman–Crippen MR) is 90.1 cm³/mol. The summed E-state index contributed by atoms with van der Waals surface area (Å²) in [4.78, 5) is 8.96. The lowest BCUT2D eigenvalue weighted by atomic mass is 10.2. The zero-order valence-electron chi connectivity index (χ0n) is 12.7. The second kappa shape index (κ2) is 5.60. The first-order chi connectivity index (χ1) is 10.8. The van der Waals surface area contributed by atoms with Crippen molar-refractivity contribution >= 4 is 32.4 Å². The monoisotopic (exact) mass is 328 g/mol. The molecule has 2 heterocycles. The third-order valence-electron chi connectivity index (χ3n) is 3.40. The summed E-state index contributed by atoms with van der Waals surface area (Å²) in [6, 6.07) is 12.1. The van der Waals surface area contributed by atoms with Crippen molar-refractivity contribution in [2.45, 2.75) is 18.7 Å². The van der Waals surface area contributed by atoms with Crippen LogP contribution in [0.15, 0.2) is 47.4 Å². The van der Waals surface area contributed by atoms with Crippen molar-refractivity contribution in [1.29, 1.82) is 0 Å². The fourth-order valence-electron chi connectivity index (χ4n) is 2.31. The molecule has 3 N–H and O–H groups in total. The van der Waals surface area contributed by atoms with Crippen LogP contribution in [-0.2, 0) is 10.0 Å². The average molecular weight is 328 g/mol. The Balaban J connectivity index is 2.01. The van der Waals surface area contributed by atoms with Crippen LogP contribution < -0.4 is 10.5 Å². The van der Waals surface area contributed by atoms with Crippen molar-refractivity contribution in [2.75, 3.05) is 5.32 Å². The number of nitrogens with one attached hydrogen (secondary N) is 1. The van der Waals surface area contributed by atoms with Gasteiger partial charge in [0.25, 0.3) is 0 Å². The van der Waals surface area contributed by atoms with E-state index in [0.29, 0.717) is 5.65 Å². The van der Waals surface area contributed by atoms with Crippen LogP contribution >= 0.6 is 0 Å². The summed E-state index contributed by atoms with van der Waals surface area (Å²) in [5.74, 6) is 0. The molecule has 0 unspecified atom stereocenters. The number of hydrogen-bond donors (Lipinski definition) is 2. The molecule has 0 radical (unpaired) electrons. The van der Waals surface area contributed by atoms with Crippen molar-refractivity contribution < 1.29 is 8.42 Å². The van der Waals surface area contributed by atoms with E-state index in [9.17, 15) is 8.42 Å². The molecule has 7 heteroatoms. The summed E-state index contributed by atoms with van der Waals surface area (Å²) < 4.78 is 22.6. The maximum atomic E-state index is 11.3. The van der Waals surface area contributed by atoms with Crippen molar-refractivity contribution in [3.63, 3.8) is 0 Å². The molecule has 0 amide bonds. The van der Waals surface area contributed by atoms with Gasteiger partial charge in [-0.15, -0.1) is 0 Å². The highest BCUT2D eigenvalue weighted by molar-refractivity contribution is 7.89. The highest BCUT2D eigenvalue weighted by Crippen LogP contribution is 2.26. The van der Waals surface area contributed by atoms with Crippen molar-refractivity contribution in [3.05, 3.63) is 53.9 Å². The fraction of sp³-hybridized carbons (Fsp3) is 0.125. The van der Waals surface area contributed by atoms with Crippen LogP contribution in [0.4, 0.5) is 11.4 Å². The second-order valence-electron chi connectivity index (χ2n) is 5.33. The van der Waals surface area contributed by atoms with Crippen LogP contribution in [0.1, 0.15) is 11.4 Å². The summed E-state index contributed by atoms with van der Waals surface area (Å²) in [7, 11) is -3.69. The molecule has 0 saturated heterocycles. The molecule has 0 aliphatic rings. The van der Waals surface area contributed by atoms with Gasteiger partial charge in [0.15, 0.2) is 5.65 Å². The first-order valence-corrected chi connectivity index (χ1v) is 8.52. The number of anilines is 2. The molecule has 3 rings (SSSR count). The molecule has 2 aromatic heterocycles. The van der Waals surface area contributed by atoms with Gasteiger partial charge in [0.1, 0.15) is 0 Å². The van der Waals surface area contributed by atoms with Crippen LogP contribution in [0.25, 0.3) is 11.0 Å². The van der Waals surface area contributed by atoms with Crippen molar-refractivity contribution in [1.82, 2.24) is 9.97 Å². The summed E-state index contributed by atoms with van der Waals surface area (Å²) in [6.45, 7) is 3.82. The molecule has 0 atom stereocenters. The van der Waals surface area contributed by atoms with Gasteiger partial charge in [0.05, 0.1) is 10.6 Å². The zero-order valence-corrected chi connectivity index (χ0v) is 13.6. The lowest BCUT2D eigenvalue weighted by molar-refractivity contribution is 0.598. The number of sulfonamides is 1. The van der Waals surface area contributed by atoms with E-state index >= 15 is 0 Å². The molecular weight excluding hydrogens is 312 g/mol. The standard InChI is InChI=1S/C16H16N4O2S/c1-10-3-8-14-15(9-11(2)19-16(14)18-10)20-12-4-6-13(7-5-12)23(17,21)22/h3-9H,1-2H3,(H2,17,21,22)(H,18,19,20). The first-order valence-electron chi connectivity index (χ1n) is 6.98. The third kappa shape index (κ3) is 3.30. The minimum Gasteiger partial charge on any atom is -0.355 e. The van der Waals surface area contributed by atoms with Crippen molar-refractivity contribution in [3.8, 4) is 0 Å². The number of nitrogens with zero attached hydrogens (tertiary/aromatic N) is 2. The summed E-state index contributed by atoms with van der Waals surface area (Å²) in [6.07, 6.45) is 0. The number of benzene rings is 1. The number of primary sulfonamides is 1. The Bertz CT molecular complexity index is 978. The lowest BCUT2D eigenvalue weighted by Crippen LogP contribution is -2.11. The molecule has 0 spiro atoms. The zero-order chi connectivity index (χ0) is 16.6. The van der Waals surface area contributed by atoms with E-state index < -0.39 is 10.0 Å². The number of fused-ring (bicyclic) bond motifs is 1. The van der Waals surface area contributed by atoms with Gasteiger partial charge in [0, 0.05) is 22.5 Å². The molecule has 23 heavy (non-hydrogen) atoms. The van der Waals surface area contributed by atoms with Crippen LogP contribution in [0.5, 0.6) is 0 Å². The third-order valence-corrected chi connectivity index (χ3v) is 4.33. The molecule has 0 aliphatic carbocycles. The minimum absolute atomic E-state index is 0.0797. The topological polar surface area (TPSA) is 98.0 Å². The minimum atomic E-state index is -3.69. The average Bonchev–Trinajstić information content (AvgIpc) is 2.46. The van der Waals surface area contributed by atoms with Gasteiger partial charge < -0.3 is 5.32 Å². The van der Waals surface area contributed by atoms with Crippen LogP contribution in [0.3, 0.4) is 0 Å². The number of pyridine rings is 2. The molecule has 118 valence electrons. The fourth-order valence-corrected chi connectivity index (χ4v) is 2.83. The van der Waals surface area contributed by atoms with Crippen LogP contribution in [0, 0.1) is 13.8 Å². The van der Waals surface area contributed by atoms with Crippen molar-refractivity contribution in [2.24, 2.45) is 5.14 Å². The predicted octanol–water partition coefficient (Wildman–Crippen LogP) is 2.64. The van der Waals surface area contributed by atoms with Crippen LogP contribution in [-0.4, -0.2) is 18.4 Å². The molecule has 0 bridgehead atoms. The van der Waals surface area contributed by atoms with Gasteiger partial charge in [-0.3, -0.25) is 0 Å². The van der Waals surface area contributed by atoms with Gasteiger partial charge in [0.2, 0.25) is 10.0 Å². The Kier molecular flexibility index (Phi) is 3.75. The highest BCUT2D eigenvalue weighted by Gasteiger charge is 2.09. The van der Waals surface area contributed by atoms with E-state index in [2.05, 4.69) is 15.3 Å². The summed E-state index contributed by atoms with van der Waals surface area (Å²) >= 11 is 0. The van der Waals surface area contributed by atoms with Crippen LogP contribution in [0.2, 0.25) is 0 Å². The van der Waals surface area contributed by atoms with E-state index in [0.717, 1.165) is 28.1 Å². The summed E-state index contributed by atoms with van der Waals surface area (Å²) in [5.41, 5.74) is 4.04. The van der Waals surface area contributed by atoms with Gasteiger partial charge in [-0.2, -0.15) is 0 Å². The number of rotatable bonds is 3. The lowest BCUT2D eigenvalue weighted by Gasteiger charge is -2.11. The maximum Gasteiger partial charge on any atom is 0.238 e. The molecule has 0 aliphatic heterocycles. The number of aromatic nitrogens is 2. The van der Waals surface area contributed by atoms with E-state index in [1.807, 2.05) is 32.0 Å². The molecular formula is C16H16N4O2S. The maximum absolute atomic E-state index is 11.3. The SMILES string of the molecule is Cc1ccc2c(Nc3ccc(S(N)(=O)=O)cc3)cc(C)nc2n1. The Labute approximate surface area is 134 Å². The molecule has 0 fully saturated rings. The molecule has 6 nitrogen and oxygen atoms in total. The second-order valence-corrected chi connectivity index (χ2v) is 6.89. The largest absolute Gasteiger partial charge is 0.355 e. The van der Waals surface area contributed by atoms with E-state index in [-0.39, 0.29) is 4.90 Å². The Morgan fingerprint density at radius 1 is 0.957 bits per heavy atom. The van der Waals surface area contributed by atoms with E-state index in [1.54, 1.807) is 12.1 Å². The Hall–Kier alpha value is -2.51. The summed E-state index contributed by atoms with van der Waals surface area (Å²) in [5, 5.41) is 9.27. The smallest absolute Gasteiger partial charge is 0.238 e. The van der Waals surface area contributed by atoms with Gasteiger partial charge in [-0.25, -0.2) is 23.5 Å². The molecule has 3 aromatic rings. The normalized spacial score (nSPS) is 11.6. The molecule has 0 saturated carbocycles. The quantitative estimate of drug-likeness (QED) is 0.770. The number of aryl methyl sites for hydroxylation is 2. The number of hydrogen-bond acceptors (Lipinski definition) is 5. The van der Waals surface area contributed by atoms with E-state index in [1.165, 1.54) is 12.1 Å². The van der Waals surface area contributed by atoms with E-state index in [4.69, 9.17) is 5.14 Å². The van der Waals surface area contributed by atoms with Gasteiger partial charge >= 0.3 is 0 Å². The molecule has 1 aromatic carbocycles. The Morgan fingerprint density at radius 3 is 2.26 bits per heavy atom. The highest BCUT2D eigenvalue weighted by atomic mass is 32.2. The number of nitrogens with two attached hydrogens (primary N) is 1. The first kappa shape index (κ1) is 15.4. The van der Waals surface area contributed by atoms with Gasteiger partial charge in [-0.05, 0) is 56.3 Å². The Morgan fingerprint density at radius 2 is 1.61 bits per heavy atom.